The van der Waals surface area contributed by atoms with E-state index in [2.05, 4.69) is 34.6 Å². The van der Waals surface area contributed by atoms with E-state index in [1.165, 1.54) is 37.5 Å². The fourth-order valence-corrected chi connectivity index (χ4v) is 14.3. The Morgan fingerprint density at radius 1 is 0.980 bits per heavy atom. The number of aliphatic hydroxyl groups is 1. The van der Waals surface area contributed by atoms with Crippen LogP contribution in [0.2, 0.25) is 0 Å². The molecule has 6 saturated carbocycles. The number of ether oxygens (including phenoxy) is 3. The number of aliphatic carboxylic acids is 1. The molecule has 0 aromatic carbocycles. The third-order valence-corrected chi connectivity index (χ3v) is 16.9. The van der Waals surface area contributed by atoms with Crippen molar-refractivity contribution >= 4 is 17.8 Å². The summed E-state index contributed by atoms with van der Waals surface area (Å²) in [6.45, 7) is 15.0. The molecule has 50 heavy (non-hydrogen) atoms. The molecule has 0 aromatic rings. The second kappa shape index (κ2) is 11.9. The van der Waals surface area contributed by atoms with E-state index in [1.807, 2.05) is 4.90 Å². The van der Waals surface area contributed by atoms with Crippen molar-refractivity contribution in [1.82, 2.24) is 9.80 Å². The fraction of sp³-hybridized carbons (Fsp3) is 0.925. The Labute approximate surface area is 298 Å². The van der Waals surface area contributed by atoms with Crippen molar-refractivity contribution in [3.8, 4) is 0 Å². The number of fused-ring (bicyclic) bond motifs is 4. The Hall–Kier alpha value is -1.75. The van der Waals surface area contributed by atoms with E-state index in [0.717, 1.165) is 38.5 Å². The molecular formula is C40H62N2O8. The number of carbonyl (C=O) groups excluding carboxylic acids is 2. The summed E-state index contributed by atoms with van der Waals surface area (Å²) in [6.07, 6.45) is 10.2. The molecule has 8 fully saturated rings. The van der Waals surface area contributed by atoms with Gasteiger partial charge in [0.2, 0.25) is 11.8 Å². The number of aliphatic hydroxyl groups excluding tert-OH is 1. The number of carboxylic acid groups (broad SMARTS) is 1. The maximum absolute atomic E-state index is 12.9. The summed E-state index contributed by atoms with van der Waals surface area (Å²) < 4.78 is 19.7. The molecule has 0 bridgehead atoms. The van der Waals surface area contributed by atoms with Crippen molar-refractivity contribution in [3.63, 3.8) is 0 Å². The van der Waals surface area contributed by atoms with Crippen LogP contribution in [0.4, 0.5) is 0 Å². The number of carbonyl (C=O) groups is 3. The lowest BCUT2D eigenvalue weighted by Gasteiger charge is -2.64. The van der Waals surface area contributed by atoms with Gasteiger partial charge in [0.05, 0.1) is 37.6 Å². The van der Waals surface area contributed by atoms with Gasteiger partial charge < -0.3 is 34.2 Å². The number of amides is 2. The third-order valence-electron chi connectivity index (χ3n) is 16.9. The van der Waals surface area contributed by atoms with Gasteiger partial charge in [0, 0.05) is 31.8 Å². The minimum Gasteiger partial charge on any atom is -0.480 e. The minimum absolute atomic E-state index is 0.0241. The Balaban J connectivity index is 0.987. The van der Waals surface area contributed by atoms with Gasteiger partial charge in [-0.15, -0.1) is 0 Å². The molecular weight excluding hydrogens is 636 g/mol. The molecule has 2 N–H and O–H groups in total. The molecule has 0 radical (unpaired) electrons. The predicted octanol–water partition coefficient (Wildman–Crippen LogP) is 5.10. The lowest BCUT2D eigenvalue weighted by Crippen LogP contribution is -2.60. The first-order chi connectivity index (χ1) is 23.6. The molecule has 8 aliphatic rings. The Morgan fingerprint density at radius 3 is 2.40 bits per heavy atom. The van der Waals surface area contributed by atoms with Crippen LogP contribution in [0.15, 0.2) is 0 Å². The SMILES string of the molecule is CC(=O)N(CC(=O)O)C[C@H]1C[C@@H](C)[C@H]2[C@H](O1)[C@H](O)[C@@]1(C)[C@@H]3CC[C@H]4C(C)(C)C(O[C@H]5CN(C(=O)CC6CC6)CCO5)CCC45C[C@@]35CC[C@]21C. The maximum atomic E-state index is 12.9. The average Bonchev–Trinajstić information content (AvgIpc) is 3.97. The van der Waals surface area contributed by atoms with Gasteiger partial charge in [0.1, 0.15) is 6.54 Å². The smallest absolute Gasteiger partial charge is 0.323 e. The summed E-state index contributed by atoms with van der Waals surface area (Å²) in [7, 11) is 0. The molecule has 2 spiro atoms. The zero-order valence-corrected chi connectivity index (χ0v) is 31.3. The normalized spacial score (nSPS) is 48.7. The Morgan fingerprint density at radius 2 is 1.70 bits per heavy atom. The van der Waals surface area contributed by atoms with Crippen LogP contribution in [0.25, 0.3) is 0 Å². The highest BCUT2D eigenvalue weighted by atomic mass is 16.7. The summed E-state index contributed by atoms with van der Waals surface area (Å²) in [5.41, 5.74) is 0.119. The molecule has 280 valence electrons. The lowest BCUT2D eigenvalue weighted by atomic mass is 9.41. The number of hydrogen-bond acceptors (Lipinski definition) is 7. The van der Waals surface area contributed by atoms with E-state index >= 15 is 0 Å². The largest absolute Gasteiger partial charge is 0.480 e. The summed E-state index contributed by atoms with van der Waals surface area (Å²) in [6, 6.07) is 0. The van der Waals surface area contributed by atoms with Crippen molar-refractivity contribution in [2.24, 2.45) is 56.7 Å². The molecule has 2 amide bonds. The fourth-order valence-electron chi connectivity index (χ4n) is 14.3. The highest BCUT2D eigenvalue weighted by Gasteiger charge is 2.84. The average molecular weight is 699 g/mol. The molecule has 13 atom stereocenters. The number of hydrogen-bond donors (Lipinski definition) is 2. The summed E-state index contributed by atoms with van der Waals surface area (Å²) in [5.74, 6) is 1.02. The van der Waals surface area contributed by atoms with Gasteiger partial charge in [-0.25, -0.2) is 0 Å². The summed E-state index contributed by atoms with van der Waals surface area (Å²) in [4.78, 5) is 40.0. The zero-order valence-electron chi connectivity index (χ0n) is 31.3. The van der Waals surface area contributed by atoms with Crippen LogP contribution in [0.3, 0.4) is 0 Å². The molecule has 2 aliphatic heterocycles. The minimum atomic E-state index is -1.03. The quantitative estimate of drug-likeness (QED) is 0.359. The van der Waals surface area contributed by atoms with Crippen LogP contribution < -0.4 is 0 Å². The standard InChI is InChI=1S/C40H62N2O8/c1-23-17-26(19-42(24(2)43)20-31(45)46)49-34-33(23)37(5)13-14-40-22-39(40)12-11-29(36(3,4)27(39)9-10-28(40)38(37,6)35(34)47)50-32-21-41(15-16-48-32)30(44)18-25-7-8-25/h23,25-29,32-35,47H,7-22H2,1-6H3,(H,45,46)/t23-,26-,27+,28+,29?,32+,33+,34+,35+,37-,38-,39?,40+/m1/s1. The van der Waals surface area contributed by atoms with Gasteiger partial charge in [-0.3, -0.25) is 14.4 Å². The topological polar surface area (TPSA) is 126 Å². The molecule has 0 aromatic heterocycles. The van der Waals surface area contributed by atoms with E-state index < -0.39 is 12.1 Å². The van der Waals surface area contributed by atoms with Crippen LogP contribution in [-0.4, -0.2) is 101 Å². The van der Waals surface area contributed by atoms with Crippen molar-refractivity contribution in [2.45, 2.75) is 143 Å². The third kappa shape index (κ3) is 5.03. The number of nitrogens with zero attached hydrogens (tertiary/aromatic N) is 2. The number of carboxylic acids is 1. The number of rotatable bonds is 8. The Bertz CT molecular complexity index is 1400. The van der Waals surface area contributed by atoms with Gasteiger partial charge in [-0.05, 0) is 115 Å². The molecule has 2 unspecified atom stereocenters. The van der Waals surface area contributed by atoms with Gasteiger partial charge in [0.25, 0.3) is 0 Å². The van der Waals surface area contributed by atoms with Crippen LogP contribution in [0.1, 0.15) is 112 Å². The van der Waals surface area contributed by atoms with Crippen molar-refractivity contribution in [1.29, 1.82) is 0 Å². The molecule has 2 saturated heterocycles. The van der Waals surface area contributed by atoms with Crippen LogP contribution >= 0.6 is 0 Å². The molecule has 6 aliphatic carbocycles. The lowest BCUT2D eigenvalue weighted by molar-refractivity contribution is -0.248. The first kappa shape index (κ1) is 35.3. The van der Waals surface area contributed by atoms with Crippen LogP contribution in [0, 0.1) is 56.7 Å². The van der Waals surface area contributed by atoms with E-state index in [0.29, 0.717) is 49.8 Å². The monoisotopic (exact) mass is 698 g/mol. The predicted molar refractivity (Wildman–Crippen MR) is 185 cm³/mol. The van der Waals surface area contributed by atoms with Crippen LogP contribution in [0.5, 0.6) is 0 Å². The maximum Gasteiger partial charge on any atom is 0.323 e. The zero-order chi connectivity index (χ0) is 35.6. The molecule has 8 rings (SSSR count). The molecule has 10 nitrogen and oxygen atoms in total. The first-order valence-electron chi connectivity index (χ1n) is 19.9. The van der Waals surface area contributed by atoms with E-state index in [-0.39, 0.29) is 82.5 Å². The van der Waals surface area contributed by atoms with E-state index in [1.54, 1.807) is 0 Å². The Kier molecular flexibility index (Phi) is 8.38. The number of morpholine rings is 1. The summed E-state index contributed by atoms with van der Waals surface area (Å²) >= 11 is 0. The van der Waals surface area contributed by atoms with Gasteiger partial charge in [0.15, 0.2) is 6.29 Å². The molecule has 2 heterocycles. The first-order valence-corrected chi connectivity index (χ1v) is 19.9. The van der Waals surface area contributed by atoms with Gasteiger partial charge >= 0.3 is 5.97 Å². The van der Waals surface area contributed by atoms with Crippen molar-refractivity contribution in [3.05, 3.63) is 0 Å². The highest BCUT2D eigenvalue weighted by molar-refractivity contribution is 5.79. The van der Waals surface area contributed by atoms with E-state index in [9.17, 15) is 24.6 Å². The van der Waals surface area contributed by atoms with Gasteiger partial charge in [-0.1, -0.05) is 34.6 Å². The van der Waals surface area contributed by atoms with Crippen molar-refractivity contribution < 1.29 is 38.8 Å². The van der Waals surface area contributed by atoms with Crippen LogP contribution in [-0.2, 0) is 28.6 Å². The summed E-state index contributed by atoms with van der Waals surface area (Å²) in [5, 5.41) is 21.9. The molecule has 10 heteroatoms. The second-order valence-electron chi connectivity index (χ2n) is 19.3. The second-order valence-corrected chi connectivity index (χ2v) is 19.3. The van der Waals surface area contributed by atoms with E-state index in [4.69, 9.17) is 14.2 Å². The van der Waals surface area contributed by atoms with Gasteiger partial charge in [-0.2, -0.15) is 0 Å². The van der Waals surface area contributed by atoms with Crippen molar-refractivity contribution in [2.75, 3.05) is 32.8 Å². The highest BCUT2D eigenvalue weighted by Crippen LogP contribution is 2.89.